The Hall–Kier alpha value is -3.17. The highest BCUT2D eigenvalue weighted by atomic mass is 32.2. The van der Waals surface area contributed by atoms with Crippen molar-refractivity contribution in [3.63, 3.8) is 0 Å². The summed E-state index contributed by atoms with van der Waals surface area (Å²) in [4.78, 5) is 11.9. The van der Waals surface area contributed by atoms with Crippen LogP contribution in [0.1, 0.15) is 40.7 Å². The fraction of sp³-hybridized carbons (Fsp3) is 0.250. The Kier molecular flexibility index (Phi) is 5.23. The fourth-order valence-electron chi connectivity index (χ4n) is 5.96. The van der Waals surface area contributed by atoms with E-state index in [-0.39, 0.29) is 10.2 Å². The fourth-order valence-corrected chi connectivity index (χ4v) is 7.68. The van der Waals surface area contributed by atoms with Gasteiger partial charge in [0.2, 0.25) is 0 Å². The molecule has 0 bridgehead atoms. The second-order valence-electron chi connectivity index (χ2n) is 10.2. The average Bonchev–Trinajstić information content (AvgIpc) is 3.14. The molecule has 0 saturated heterocycles. The maximum Gasteiger partial charge on any atom is 0.0722 e. The molecule has 2 atom stereocenters. The van der Waals surface area contributed by atoms with E-state index in [0.717, 1.165) is 29.9 Å². The standard InChI is InChI=1S/C32H30N2S/c1-21-11-13-27(23(3)18-21)33-25-15-17-32-26-8-5-6-9-29(26)35-31(32,20-25)16-7-10-30(32)34-28-14-12-22(2)19-24(28)4/h5-9,11-19H,10,20H2,1-4H3. The van der Waals surface area contributed by atoms with Crippen molar-refractivity contribution in [3.05, 3.63) is 113 Å². The van der Waals surface area contributed by atoms with Crippen LogP contribution in [0.4, 0.5) is 11.4 Å². The van der Waals surface area contributed by atoms with Gasteiger partial charge in [-0.1, -0.05) is 71.8 Å². The summed E-state index contributed by atoms with van der Waals surface area (Å²) in [5.41, 5.74) is 10.6. The number of rotatable bonds is 2. The lowest BCUT2D eigenvalue weighted by molar-refractivity contribution is 0.556. The molecule has 2 unspecified atom stereocenters. The SMILES string of the molecule is Cc1ccc(N=C2C=CC34C(=Nc5ccc(C)cc5C)CC=CC3(C2)Sc2ccccc24)c(C)c1. The lowest BCUT2D eigenvalue weighted by atomic mass is 9.59. The van der Waals surface area contributed by atoms with Crippen LogP contribution in [0, 0.1) is 27.7 Å². The Labute approximate surface area is 212 Å². The number of allylic oxidation sites excluding steroid dienone is 3. The third kappa shape index (κ3) is 3.48. The van der Waals surface area contributed by atoms with Crippen LogP contribution >= 0.6 is 11.8 Å². The van der Waals surface area contributed by atoms with E-state index < -0.39 is 0 Å². The predicted molar refractivity (Wildman–Crippen MR) is 150 cm³/mol. The highest BCUT2D eigenvalue weighted by molar-refractivity contribution is 8.01. The Morgan fingerprint density at radius 1 is 0.771 bits per heavy atom. The summed E-state index contributed by atoms with van der Waals surface area (Å²) >= 11 is 1.98. The molecule has 174 valence electrons. The van der Waals surface area contributed by atoms with Crippen molar-refractivity contribution >= 4 is 34.6 Å². The van der Waals surface area contributed by atoms with Crippen molar-refractivity contribution < 1.29 is 0 Å². The molecule has 3 aliphatic rings. The van der Waals surface area contributed by atoms with Crippen molar-refractivity contribution in [2.24, 2.45) is 9.98 Å². The first kappa shape index (κ1) is 22.3. The van der Waals surface area contributed by atoms with Crippen LogP contribution in [0.5, 0.6) is 0 Å². The summed E-state index contributed by atoms with van der Waals surface area (Å²) in [5, 5.41) is 0. The lowest BCUT2D eigenvalue weighted by Gasteiger charge is -2.47. The van der Waals surface area contributed by atoms with Gasteiger partial charge in [-0.25, -0.2) is 0 Å². The van der Waals surface area contributed by atoms with Gasteiger partial charge in [-0.05, 0) is 68.7 Å². The van der Waals surface area contributed by atoms with Gasteiger partial charge in [0.05, 0.1) is 21.5 Å². The maximum atomic E-state index is 5.36. The number of nitrogens with zero attached hydrogens (tertiary/aromatic N) is 2. The van der Waals surface area contributed by atoms with Gasteiger partial charge in [-0.2, -0.15) is 0 Å². The summed E-state index contributed by atoms with van der Waals surface area (Å²) in [6.07, 6.45) is 11.2. The van der Waals surface area contributed by atoms with Crippen molar-refractivity contribution in [2.75, 3.05) is 0 Å². The highest BCUT2D eigenvalue weighted by Gasteiger charge is 2.61. The third-order valence-electron chi connectivity index (χ3n) is 7.62. The average molecular weight is 475 g/mol. The van der Waals surface area contributed by atoms with Crippen LogP contribution in [0.2, 0.25) is 0 Å². The van der Waals surface area contributed by atoms with Crippen molar-refractivity contribution in [1.29, 1.82) is 0 Å². The van der Waals surface area contributed by atoms with Gasteiger partial charge in [0.25, 0.3) is 0 Å². The summed E-state index contributed by atoms with van der Waals surface area (Å²) in [6, 6.07) is 22.0. The number of hydrogen-bond acceptors (Lipinski definition) is 3. The van der Waals surface area contributed by atoms with E-state index in [1.165, 1.54) is 38.4 Å². The van der Waals surface area contributed by atoms with Gasteiger partial charge >= 0.3 is 0 Å². The molecule has 0 N–H and O–H groups in total. The Morgan fingerprint density at radius 2 is 1.46 bits per heavy atom. The molecule has 3 aromatic rings. The van der Waals surface area contributed by atoms with E-state index in [1.54, 1.807) is 0 Å². The maximum absolute atomic E-state index is 5.36. The third-order valence-corrected chi connectivity index (χ3v) is 9.16. The molecule has 0 radical (unpaired) electrons. The Balaban J connectivity index is 1.54. The van der Waals surface area contributed by atoms with Gasteiger partial charge in [0.15, 0.2) is 0 Å². The van der Waals surface area contributed by atoms with Crippen molar-refractivity contribution in [3.8, 4) is 0 Å². The number of aryl methyl sites for hydroxylation is 4. The van der Waals surface area contributed by atoms with Crippen LogP contribution in [-0.2, 0) is 5.41 Å². The van der Waals surface area contributed by atoms with Gasteiger partial charge < -0.3 is 0 Å². The highest BCUT2D eigenvalue weighted by Crippen LogP contribution is 2.64. The quantitative estimate of drug-likeness (QED) is 0.342. The van der Waals surface area contributed by atoms with E-state index in [9.17, 15) is 0 Å². The molecule has 0 aromatic heterocycles. The number of thioether (sulfide) groups is 1. The van der Waals surface area contributed by atoms with Crippen LogP contribution in [0.15, 0.2) is 99.8 Å². The molecule has 3 aromatic carbocycles. The minimum atomic E-state index is -0.262. The monoisotopic (exact) mass is 474 g/mol. The molecular formula is C32H30N2S. The summed E-state index contributed by atoms with van der Waals surface area (Å²) < 4.78 is -0.154. The van der Waals surface area contributed by atoms with E-state index in [1.807, 2.05) is 11.8 Å². The smallest absolute Gasteiger partial charge is 0.0722 e. The van der Waals surface area contributed by atoms with Gasteiger partial charge in [-0.3, -0.25) is 9.98 Å². The molecule has 3 heteroatoms. The van der Waals surface area contributed by atoms with E-state index in [0.29, 0.717) is 0 Å². The topological polar surface area (TPSA) is 24.7 Å². The molecule has 0 amide bonds. The first-order valence-electron chi connectivity index (χ1n) is 12.4. The van der Waals surface area contributed by atoms with Crippen LogP contribution in [0.3, 0.4) is 0 Å². The molecule has 35 heavy (non-hydrogen) atoms. The first-order valence-corrected chi connectivity index (χ1v) is 13.2. The van der Waals surface area contributed by atoms with Crippen LogP contribution in [0.25, 0.3) is 0 Å². The summed E-state index contributed by atoms with van der Waals surface area (Å²) in [7, 11) is 0. The minimum Gasteiger partial charge on any atom is -0.256 e. The number of fused-ring (bicyclic) bond motifs is 1. The van der Waals surface area contributed by atoms with Crippen LogP contribution in [-0.4, -0.2) is 16.2 Å². The summed E-state index contributed by atoms with van der Waals surface area (Å²) in [5.74, 6) is 0. The molecule has 6 rings (SSSR count). The minimum absolute atomic E-state index is 0.154. The number of hydrogen-bond donors (Lipinski definition) is 0. The van der Waals surface area contributed by atoms with Gasteiger partial charge in [0, 0.05) is 29.2 Å². The van der Waals surface area contributed by atoms with Crippen LogP contribution < -0.4 is 0 Å². The molecule has 0 saturated carbocycles. The normalized spacial score (nSPS) is 26.6. The van der Waals surface area contributed by atoms with Gasteiger partial charge in [-0.15, -0.1) is 11.8 Å². The lowest BCUT2D eigenvalue weighted by Crippen LogP contribution is -2.54. The Morgan fingerprint density at radius 3 is 2.17 bits per heavy atom. The molecule has 1 aliphatic heterocycles. The van der Waals surface area contributed by atoms with E-state index in [4.69, 9.17) is 9.98 Å². The zero-order valence-electron chi connectivity index (χ0n) is 20.8. The zero-order valence-corrected chi connectivity index (χ0v) is 21.6. The second kappa shape index (κ2) is 8.20. The largest absolute Gasteiger partial charge is 0.256 e. The Bertz CT molecular complexity index is 1470. The molecule has 1 heterocycles. The second-order valence-corrected chi connectivity index (χ2v) is 11.5. The molecular weight excluding hydrogens is 444 g/mol. The number of aliphatic imine (C=N–C) groups is 2. The van der Waals surface area contributed by atoms with E-state index in [2.05, 4.69) is 113 Å². The summed E-state index contributed by atoms with van der Waals surface area (Å²) in [6.45, 7) is 8.59. The van der Waals surface area contributed by atoms with Crippen molar-refractivity contribution in [2.45, 2.75) is 55.6 Å². The first-order chi connectivity index (χ1) is 16.9. The molecule has 0 fully saturated rings. The predicted octanol–water partition coefficient (Wildman–Crippen LogP) is 8.47. The molecule has 2 nitrogen and oxygen atoms in total. The zero-order chi connectivity index (χ0) is 24.2. The number of benzene rings is 3. The van der Waals surface area contributed by atoms with E-state index >= 15 is 0 Å². The van der Waals surface area contributed by atoms with Gasteiger partial charge in [0.1, 0.15) is 0 Å². The molecule has 0 spiro atoms. The van der Waals surface area contributed by atoms with Crippen molar-refractivity contribution in [1.82, 2.24) is 0 Å². The molecule has 2 aliphatic carbocycles.